The number of hydrogen-bond donors (Lipinski definition) is 2. The molecule has 98 valence electrons. The molecule has 1 unspecified atom stereocenters. The van der Waals surface area contributed by atoms with Gasteiger partial charge in [0.15, 0.2) is 0 Å². The number of nitrogens with one attached hydrogen (secondary N) is 1. The summed E-state index contributed by atoms with van der Waals surface area (Å²) in [4.78, 5) is 0. The number of ether oxygens (including phenoxy) is 2. The Labute approximate surface area is 103 Å². The van der Waals surface area contributed by atoms with Gasteiger partial charge in [-0.3, -0.25) is 0 Å². The van der Waals surface area contributed by atoms with Crippen molar-refractivity contribution in [2.24, 2.45) is 11.7 Å². The minimum absolute atomic E-state index is 0.312. The summed E-state index contributed by atoms with van der Waals surface area (Å²) in [5.74, 6) is 0.544. The van der Waals surface area contributed by atoms with Gasteiger partial charge in [-0.05, 0) is 26.3 Å². The van der Waals surface area contributed by atoms with E-state index in [1.54, 1.807) is 0 Å². The van der Waals surface area contributed by atoms with Crippen LogP contribution in [0.15, 0.2) is 0 Å². The highest BCUT2D eigenvalue weighted by atomic mass is 28.1. The van der Waals surface area contributed by atoms with Crippen LogP contribution in [0.25, 0.3) is 0 Å². The van der Waals surface area contributed by atoms with Gasteiger partial charge in [0.2, 0.25) is 0 Å². The summed E-state index contributed by atoms with van der Waals surface area (Å²) in [6, 6.07) is 0. The van der Waals surface area contributed by atoms with Gasteiger partial charge in [0, 0.05) is 32.7 Å². The minimum Gasteiger partial charge on any atom is -0.355 e. The predicted molar refractivity (Wildman–Crippen MR) is 71.6 cm³/mol. The van der Waals surface area contributed by atoms with E-state index in [1.807, 2.05) is 13.8 Å². The van der Waals surface area contributed by atoms with Crippen LogP contribution in [-0.2, 0) is 9.47 Å². The molecule has 0 bridgehead atoms. The van der Waals surface area contributed by atoms with Crippen LogP contribution in [0.2, 0.25) is 0 Å². The SMILES string of the molecule is CCOC([SiH3])(CC(C)CNCCN)OCC. The summed E-state index contributed by atoms with van der Waals surface area (Å²) >= 11 is 0. The lowest BCUT2D eigenvalue weighted by atomic mass is 10.1. The molecule has 16 heavy (non-hydrogen) atoms. The Morgan fingerprint density at radius 2 is 1.88 bits per heavy atom. The van der Waals surface area contributed by atoms with Gasteiger partial charge < -0.3 is 20.5 Å². The van der Waals surface area contributed by atoms with Crippen molar-refractivity contribution in [3.05, 3.63) is 0 Å². The molecule has 0 spiro atoms. The van der Waals surface area contributed by atoms with E-state index in [1.165, 1.54) is 0 Å². The first-order valence-electron chi connectivity index (χ1n) is 6.26. The second-order valence-corrected chi connectivity index (χ2v) is 5.83. The number of rotatable bonds is 10. The molecular weight excluding hydrogens is 220 g/mol. The maximum Gasteiger partial charge on any atom is 0.141 e. The van der Waals surface area contributed by atoms with Crippen molar-refractivity contribution < 1.29 is 9.47 Å². The van der Waals surface area contributed by atoms with Crippen molar-refractivity contribution in [2.45, 2.75) is 32.6 Å². The van der Waals surface area contributed by atoms with E-state index in [0.29, 0.717) is 25.7 Å². The van der Waals surface area contributed by atoms with Gasteiger partial charge >= 0.3 is 0 Å². The smallest absolute Gasteiger partial charge is 0.141 e. The van der Waals surface area contributed by atoms with Crippen molar-refractivity contribution in [3.8, 4) is 0 Å². The molecule has 4 nitrogen and oxygen atoms in total. The Bertz CT molecular complexity index is 164. The van der Waals surface area contributed by atoms with E-state index in [4.69, 9.17) is 15.2 Å². The zero-order chi connectivity index (χ0) is 12.4. The summed E-state index contributed by atoms with van der Waals surface area (Å²) in [5.41, 5.74) is 5.12. The van der Waals surface area contributed by atoms with E-state index < -0.39 is 0 Å². The molecule has 0 radical (unpaired) electrons. The quantitative estimate of drug-likeness (QED) is 0.315. The van der Waals surface area contributed by atoms with Gasteiger partial charge in [-0.2, -0.15) is 0 Å². The molecule has 5 heteroatoms. The van der Waals surface area contributed by atoms with Crippen LogP contribution in [0.4, 0.5) is 0 Å². The summed E-state index contributed by atoms with van der Waals surface area (Å²) in [7, 11) is 0.898. The van der Waals surface area contributed by atoms with E-state index in [2.05, 4.69) is 12.2 Å². The molecule has 0 aromatic carbocycles. The molecule has 0 amide bonds. The Morgan fingerprint density at radius 1 is 1.31 bits per heavy atom. The fourth-order valence-electron chi connectivity index (χ4n) is 1.93. The van der Waals surface area contributed by atoms with E-state index >= 15 is 0 Å². The molecule has 0 saturated carbocycles. The van der Waals surface area contributed by atoms with Crippen molar-refractivity contribution in [1.29, 1.82) is 0 Å². The lowest BCUT2D eigenvalue weighted by Crippen LogP contribution is -2.40. The van der Waals surface area contributed by atoms with E-state index in [9.17, 15) is 0 Å². The van der Waals surface area contributed by atoms with Crippen molar-refractivity contribution >= 4 is 10.2 Å². The van der Waals surface area contributed by atoms with Gasteiger partial charge in [-0.25, -0.2) is 0 Å². The molecule has 0 aliphatic carbocycles. The molecule has 0 heterocycles. The summed E-state index contributed by atoms with van der Waals surface area (Å²) < 4.78 is 11.5. The van der Waals surface area contributed by atoms with E-state index in [0.717, 1.165) is 29.8 Å². The molecular formula is C11H28N2O2Si. The lowest BCUT2D eigenvalue weighted by molar-refractivity contribution is -0.182. The van der Waals surface area contributed by atoms with Crippen LogP contribution in [0.5, 0.6) is 0 Å². The third-order valence-electron chi connectivity index (χ3n) is 2.43. The van der Waals surface area contributed by atoms with Crippen LogP contribution in [0, 0.1) is 5.92 Å². The molecule has 0 aromatic heterocycles. The highest BCUT2D eigenvalue weighted by Gasteiger charge is 2.26. The monoisotopic (exact) mass is 248 g/mol. The second-order valence-electron chi connectivity index (χ2n) is 4.30. The van der Waals surface area contributed by atoms with Crippen LogP contribution >= 0.6 is 0 Å². The molecule has 0 rings (SSSR count). The van der Waals surface area contributed by atoms with Gasteiger partial charge in [0.1, 0.15) is 5.41 Å². The Balaban J connectivity index is 3.96. The molecule has 0 aromatic rings. The molecule has 1 atom stereocenters. The molecule has 0 aliphatic rings. The number of hydrogen-bond acceptors (Lipinski definition) is 4. The van der Waals surface area contributed by atoms with Crippen LogP contribution in [-0.4, -0.2) is 48.5 Å². The van der Waals surface area contributed by atoms with Gasteiger partial charge in [-0.15, -0.1) is 0 Å². The van der Waals surface area contributed by atoms with Crippen LogP contribution in [0.3, 0.4) is 0 Å². The van der Waals surface area contributed by atoms with Gasteiger partial charge in [0.05, 0.1) is 10.2 Å². The first-order valence-corrected chi connectivity index (χ1v) is 7.26. The van der Waals surface area contributed by atoms with Crippen LogP contribution in [0.1, 0.15) is 27.2 Å². The lowest BCUT2D eigenvalue weighted by Gasteiger charge is -2.32. The Kier molecular flexibility index (Phi) is 9.16. The Morgan fingerprint density at radius 3 is 2.31 bits per heavy atom. The Hall–Kier alpha value is 0.0569. The zero-order valence-corrected chi connectivity index (χ0v) is 13.2. The number of nitrogens with two attached hydrogens (primary N) is 1. The van der Waals surface area contributed by atoms with Gasteiger partial charge in [0.25, 0.3) is 0 Å². The average molecular weight is 248 g/mol. The molecule has 0 fully saturated rings. The zero-order valence-electron chi connectivity index (χ0n) is 11.2. The third kappa shape index (κ3) is 7.35. The fraction of sp³-hybridized carbons (Fsp3) is 1.00. The third-order valence-corrected chi connectivity index (χ3v) is 3.42. The standard InChI is InChI=1S/C11H28N2O2Si/c1-4-14-11(16,15-5-2)8-10(3)9-13-7-6-12/h10,13H,4-9,12H2,1-3,16H3. The summed E-state index contributed by atoms with van der Waals surface area (Å²) in [6.07, 6.45) is 0.957. The first-order chi connectivity index (χ1) is 7.58. The van der Waals surface area contributed by atoms with Gasteiger partial charge in [-0.1, -0.05) is 6.92 Å². The van der Waals surface area contributed by atoms with E-state index in [-0.39, 0.29) is 5.41 Å². The second kappa shape index (κ2) is 9.12. The van der Waals surface area contributed by atoms with Crippen molar-refractivity contribution in [3.63, 3.8) is 0 Å². The van der Waals surface area contributed by atoms with Crippen molar-refractivity contribution in [1.82, 2.24) is 5.32 Å². The highest BCUT2D eigenvalue weighted by molar-refractivity contribution is 6.13. The maximum absolute atomic E-state index is 5.73. The predicted octanol–water partition coefficient (Wildman–Crippen LogP) is -0.347. The minimum atomic E-state index is -0.312. The summed E-state index contributed by atoms with van der Waals surface area (Å²) in [6.45, 7) is 10.2. The summed E-state index contributed by atoms with van der Waals surface area (Å²) in [5, 5.41) is 3.32. The normalized spacial score (nSPS) is 14.2. The average Bonchev–Trinajstić information content (AvgIpc) is 2.18. The molecule has 0 aliphatic heterocycles. The molecule has 0 saturated heterocycles. The largest absolute Gasteiger partial charge is 0.355 e. The highest BCUT2D eigenvalue weighted by Crippen LogP contribution is 2.19. The molecule has 3 N–H and O–H groups in total. The first kappa shape index (κ1) is 16.1. The maximum atomic E-state index is 5.73. The topological polar surface area (TPSA) is 56.5 Å². The van der Waals surface area contributed by atoms with Crippen molar-refractivity contribution in [2.75, 3.05) is 32.8 Å². The van der Waals surface area contributed by atoms with Crippen LogP contribution < -0.4 is 11.1 Å². The fourth-order valence-corrected chi connectivity index (χ4v) is 3.20.